The molecule has 1 saturated heterocycles. The van der Waals surface area contributed by atoms with Gasteiger partial charge in [-0.15, -0.1) is 0 Å². The molecule has 1 aromatic carbocycles. The van der Waals surface area contributed by atoms with Crippen LogP contribution < -0.4 is 0 Å². The van der Waals surface area contributed by atoms with Crippen LogP contribution in [0.3, 0.4) is 0 Å². The van der Waals surface area contributed by atoms with Gasteiger partial charge in [-0.2, -0.15) is 0 Å². The fraction of sp³-hybridized carbons (Fsp3) is 0.621. The van der Waals surface area contributed by atoms with Crippen LogP contribution in [0.5, 0.6) is 0 Å². The average molecular weight is 591 g/mol. The molecule has 2 aliphatic rings. The van der Waals surface area contributed by atoms with E-state index in [1.807, 2.05) is 27.7 Å². The van der Waals surface area contributed by atoms with Gasteiger partial charge in [0.1, 0.15) is 18.9 Å². The van der Waals surface area contributed by atoms with Crippen LogP contribution in [0.15, 0.2) is 35.5 Å². The number of amides is 1. The third kappa shape index (κ3) is 6.98. The lowest BCUT2D eigenvalue weighted by Crippen LogP contribution is -2.65. The third-order valence-electron chi connectivity index (χ3n) is 8.26. The maximum absolute atomic E-state index is 13.6. The van der Waals surface area contributed by atoms with Gasteiger partial charge in [0.05, 0.1) is 29.6 Å². The number of hydrogen-bond acceptors (Lipinski definition) is 9. The van der Waals surface area contributed by atoms with Crippen molar-refractivity contribution < 1.29 is 37.9 Å². The van der Waals surface area contributed by atoms with E-state index in [1.54, 1.807) is 0 Å². The minimum absolute atomic E-state index is 0.0690. The Hall–Kier alpha value is -3.25. The lowest BCUT2D eigenvalue weighted by atomic mass is 9.78. The van der Waals surface area contributed by atoms with E-state index >= 15 is 0 Å². The molecule has 0 spiro atoms. The van der Waals surface area contributed by atoms with Crippen molar-refractivity contribution >= 4 is 32.0 Å². The summed E-state index contributed by atoms with van der Waals surface area (Å²) in [4.78, 5) is 51.1. The number of nitro groups is 1. The van der Waals surface area contributed by atoms with E-state index in [2.05, 4.69) is 20.8 Å². The number of nitro benzene ring substituents is 1. The summed E-state index contributed by atoms with van der Waals surface area (Å²) < 4.78 is 22.7. The topological polar surface area (TPSA) is 135 Å². The van der Waals surface area contributed by atoms with Gasteiger partial charge in [-0.3, -0.25) is 14.9 Å². The third-order valence-corrected chi connectivity index (χ3v) is 13.0. The first-order chi connectivity index (χ1) is 19.4. The Morgan fingerprint density at radius 1 is 1.00 bits per heavy atom. The number of carbonyl (C=O) groups is 3. The molecule has 0 radical (unpaired) electrons. The fourth-order valence-electron chi connectivity index (χ4n) is 5.62. The first kappa shape index (κ1) is 32.3. The summed E-state index contributed by atoms with van der Waals surface area (Å²) in [6, 6.07) is 8.18. The van der Waals surface area contributed by atoms with Crippen molar-refractivity contribution in [3.63, 3.8) is 0 Å². The molecule has 2 aliphatic heterocycles. The molecule has 1 fully saturated rings. The van der Waals surface area contributed by atoms with E-state index in [-0.39, 0.29) is 61.1 Å². The van der Waals surface area contributed by atoms with Gasteiger partial charge in [0.25, 0.3) is 5.69 Å². The molecule has 0 saturated carbocycles. The van der Waals surface area contributed by atoms with Crippen LogP contribution in [-0.4, -0.2) is 61.5 Å². The summed E-state index contributed by atoms with van der Waals surface area (Å²) >= 11 is 0. The summed E-state index contributed by atoms with van der Waals surface area (Å²) in [5.74, 6) is -1.55. The zero-order valence-corrected chi connectivity index (χ0v) is 26.0. The van der Waals surface area contributed by atoms with Gasteiger partial charge >= 0.3 is 12.1 Å². The first-order valence-electron chi connectivity index (χ1n) is 14.3. The molecular weight excluding hydrogens is 548 g/mol. The zero-order valence-electron chi connectivity index (χ0n) is 25.0. The molecule has 41 heavy (non-hydrogen) atoms. The molecule has 2 heterocycles. The van der Waals surface area contributed by atoms with Crippen LogP contribution in [0.4, 0.5) is 10.5 Å². The van der Waals surface area contributed by atoms with E-state index in [0.29, 0.717) is 11.1 Å². The number of non-ortho nitro benzene ring substituents is 1. The molecule has 1 amide bonds. The van der Waals surface area contributed by atoms with Crippen LogP contribution in [-0.2, 0) is 34.8 Å². The number of ether oxygens (including phenoxy) is 3. The molecule has 12 heteroatoms. The minimum Gasteiger partial charge on any atom is -0.456 e. The highest BCUT2D eigenvalue weighted by Crippen LogP contribution is 2.48. The summed E-state index contributed by atoms with van der Waals surface area (Å²) in [5, 5.41) is 10.9. The second-order valence-electron chi connectivity index (χ2n) is 11.2. The number of hydrogen-bond donors (Lipinski definition) is 0. The summed E-state index contributed by atoms with van der Waals surface area (Å²) in [7, 11) is -1.99. The molecule has 0 aliphatic carbocycles. The van der Waals surface area contributed by atoms with Crippen molar-refractivity contribution in [2.24, 2.45) is 17.8 Å². The smallest absolute Gasteiger partial charge is 0.456 e. The van der Waals surface area contributed by atoms with Crippen molar-refractivity contribution in [3.05, 3.63) is 51.2 Å². The number of carbonyl (C=O) groups excluding carboxylic acids is 3. The van der Waals surface area contributed by atoms with Gasteiger partial charge in [0.15, 0.2) is 8.32 Å². The second-order valence-corrected chi connectivity index (χ2v) is 15.9. The van der Waals surface area contributed by atoms with Crippen molar-refractivity contribution in [2.45, 2.75) is 85.4 Å². The SMILES string of the molecule is CC[Si](CC)(CC)O[C@H](C)[C@H]1C(=O)N2C(C(=O)OCc3ccc([N+](=O)[O-])cc3)=C(COC(=O)OCC(C)C)[C@H](C)[C@H]12. The highest BCUT2D eigenvalue weighted by Gasteiger charge is 2.61. The number of nitrogens with zero attached hydrogens (tertiary/aromatic N) is 2. The summed E-state index contributed by atoms with van der Waals surface area (Å²) in [5.41, 5.74) is 1.03. The van der Waals surface area contributed by atoms with Crippen molar-refractivity contribution in [1.29, 1.82) is 0 Å². The van der Waals surface area contributed by atoms with Crippen molar-refractivity contribution in [2.75, 3.05) is 13.2 Å². The lowest BCUT2D eigenvalue weighted by molar-refractivity contribution is -0.384. The van der Waals surface area contributed by atoms with E-state index in [9.17, 15) is 24.5 Å². The minimum atomic E-state index is -1.99. The van der Waals surface area contributed by atoms with Gasteiger partial charge in [0.2, 0.25) is 5.91 Å². The molecule has 0 N–H and O–H groups in total. The van der Waals surface area contributed by atoms with Gasteiger partial charge in [0, 0.05) is 23.6 Å². The highest BCUT2D eigenvalue weighted by molar-refractivity contribution is 6.73. The highest BCUT2D eigenvalue weighted by atomic mass is 28.4. The zero-order chi connectivity index (χ0) is 30.5. The molecule has 1 aromatic rings. The van der Waals surface area contributed by atoms with Crippen LogP contribution >= 0.6 is 0 Å². The van der Waals surface area contributed by atoms with Gasteiger partial charge < -0.3 is 23.5 Å². The van der Waals surface area contributed by atoms with Crippen LogP contribution in [0, 0.1) is 27.9 Å². The molecule has 3 rings (SSSR count). The monoisotopic (exact) mass is 590 g/mol. The maximum atomic E-state index is 13.6. The van der Waals surface area contributed by atoms with Crippen molar-refractivity contribution in [3.8, 4) is 0 Å². The van der Waals surface area contributed by atoms with Crippen LogP contribution in [0.1, 0.15) is 54.0 Å². The number of esters is 1. The molecule has 4 atom stereocenters. The Bertz CT molecular complexity index is 1160. The molecule has 0 unspecified atom stereocenters. The first-order valence-corrected chi connectivity index (χ1v) is 16.9. The van der Waals surface area contributed by atoms with E-state index in [0.717, 1.165) is 18.1 Å². The number of β-lactam (4-membered cyclic amide) rings is 1. The van der Waals surface area contributed by atoms with Crippen molar-refractivity contribution in [1.82, 2.24) is 4.90 Å². The normalized spacial score (nSPS) is 20.9. The average Bonchev–Trinajstić information content (AvgIpc) is 3.20. The van der Waals surface area contributed by atoms with Crippen LogP contribution in [0.2, 0.25) is 18.1 Å². The summed E-state index contributed by atoms with van der Waals surface area (Å²) in [6.07, 6.45) is -1.18. The molecule has 0 aromatic heterocycles. The van der Waals surface area contributed by atoms with E-state index < -0.39 is 31.3 Å². The molecule has 226 valence electrons. The lowest BCUT2D eigenvalue weighted by Gasteiger charge is -2.49. The number of rotatable bonds is 14. The van der Waals surface area contributed by atoms with E-state index in [1.165, 1.54) is 29.2 Å². The number of fused-ring (bicyclic) bond motifs is 1. The Labute approximate surface area is 242 Å². The maximum Gasteiger partial charge on any atom is 0.508 e. The van der Waals surface area contributed by atoms with Crippen LogP contribution in [0.25, 0.3) is 0 Å². The van der Waals surface area contributed by atoms with E-state index in [4.69, 9.17) is 18.6 Å². The quantitative estimate of drug-likeness (QED) is 0.0893. The molecule has 11 nitrogen and oxygen atoms in total. The van der Waals surface area contributed by atoms with Gasteiger partial charge in [-0.05, 0) is 48.7 Å². The predicted molar refractivity (Wildman–Crippen MR) is 153 cm³/mol. The predicted octanol–water partition coefficient (Wildman–Crippen LogP) is 5.59. The Balaban J connectivity index is 1.82. The standard InChI is InChI=1S/C29H42N2O9Si/c1-8-41(9-2,10-3)40-20(7)24-25-19(6)23(17-39-29(34)38-15-18(4)5)26(30(25)27(24)32)28(33)37-16-21-11-13-22(14-12-21)31(35)36/h11-14,18-20,24-25H,8-10,15-17H2,1-7H3/t19-,20+,24+,25+/m0/s1. The Morgan fingerprint density at radius 2 is 1.61 bits per heavy atom. The number of benzene rings is 1. The largest absolute Gasteiger partial charge is 0.508 e. The second kappa shape index (κ2) is 13.6. The molecular formula is C29H42N2O9Si. The fourth-order valence-corrected chi connectivity index (χ4v) is 8.56. The summed E-state index contributed by atoms with van der Waals surface area (Å²) in [6.45, 7) is 13.9. The Morgan fingerprint density at radius 3 is 2.15 bits per heavy atom. The van der Waals surface area contributed by atoms with Gasteiger partial charge in [-0.25, -0.2) is 9.59 Å². The Kier molecular flexibility index (Phi) is 10.7. The van der Waals surface area contributed by atoms with Gasteiger partial charge in [-0.1, -0.05) is 41.5 Å². The molecule has 0 bridgehead atoms.